The van der Waals surface area contributed by atoms with Crippen LogP contribution in [0.25, 0.3) is 0 Å². The Morgan fingerprint density at radius 2 is 2.67 bits per heavy atom. The van der Waals surface area contributed by atoms with Crippen molar-refractivity contribution in [1.82, 2.24) is 0 Å². The number of ether oxygens (including phenoxy) is 2. The predicted molar refractivity (Wildman–Crippen MR) is 48.4 cm³/mol. The van der Waals surface area contributed by atoms with Gasteiger partial charge in [-0.25, -0.2) is 4.79 Å². The summed E-state index contributed by atoms with van der Waals surface area (Å²) in [5, 5.41) is -0.195. The molecule has 0 aromatic rings. The van der Waals surface area contributed by atoms with Crippen molar-refractivity contribution in [2.45, 2.75) is 13.0 Å². The smallest absolute Gasteiger partial charge is 0.367 e. The highest BCUT2D eigenvalue weighted by atomic mass is 32.2. The van der Waals surface area contributed by atoms with Crippen molar-refractivity contribution in [3.63, 3.8) is 0 Å². The van der Waals surface area contributed by atoms with Crippen LogP contribution in [0, 0.1) is 0 Å². The van der Waals surface area contributed by atoms with E-state index in [2.05, 4.69) is 6.58 Å². The van der Waals surface area contributed by atoms with E-state index >= 15 is 0 Å². The predicted octanol–water partition coefficient (Wildman–Crippen LogP) is 1.83. The Morgan fingerprint density at radius 3 is 3.17 bits per heavy atom. The lowest BCUT2D eigenvalue weighted by Gasteiger charge is -2.08. The molecule has 0 amide bonds. The molecule has 1 unspecified atom stereocenters. The summed E-state index contributed by atoms with van der Waals surface area (Å²) in [6, 6.07) is 0. The molecule has 0 aromatic heterocycles. The number of carbonyl (C=O) groups is 1. The van der Waals surface area contributed by atoms with Crippen LogP contribution in [0.4, 0.5) is 4.79 Å². The molecule has 1 atom stereocenters. The fraction of sp³-hybridized carbons (Fsp3) is 0.625. The number of rotatable bonds is 4. The summed E-state index contributed by atoms with van der Waals surface area (Å²) >= 11 is 1.20. The molecule has 0 N–H and O–H groups in total. The average Bonchev–Trinajstić information content (AvgIpc) is 2.35. The zero-order valence-electron chi connectivity index (χ0n) is 7.04. The quantitative estimate of drug-likeness (QED) is 0.498. The van der Waals surface area contributed by atoms with Gasteiger partial charge in [0.2, 0.25) is 0 Å². The minimum atomic E-state index is -0.195. The van der Waals surface area contributed by atoms with E-state index in [4.69, 9.17) is 9.47 Å². The maximum absolute atomic E-state index is 10.6. The van der Waals surface area contributed by atoms with Crippen LogP contribution < -0.4 is 0 Å². The largest absolute Gasteiger partial charge is 0.451 e. The summed E-state index contributed by atoms with van der Waals surface area (Å²) in [5.41, 5.74) is 0.979. The molecule has 1 fully saturated rings. The van der Waals surface area contributed by atoms with Crippen molar-refractivity contribution in [3.8, 4) is 0 Å². The van der Waals surface area contributed by atoms with E-state index in [1.54, 1.807) is 0 Å². The third-order valence-corrected chi connectivity index (χ3v) is 2.17. The van der Waals surface area contributed by atoms with E-state index in [1.165, 1.54) is 11.8 Å². The van der Waals surface area contributed by atoms with E-state index in [0.29, 0.717) is 19.0 Å². The summed E-state index contributed by atoms with van der Waals surface area (Å²) in [6.07, 6.45) is -0.0677. The van der Waals surface area contributed by atoms with Gasteiger partial charge in [-0.15, -0.1) is 0 Å². The highest BCUT2D eigenvalue weighted by molar-refractivity contribution is 8.13. The number of cyclic esters (lactones) is 1. The normalized spacial score (nSPS) is 22.4. The summed E-state index contributed by atoms with van der Waals surface area (Å²) < 4.78 is 10.1. The minimum Gasteiger partial charge on any atom is -0.451 e. The molecule has 1 rings (SSSR count). The van der Waals surface area contributed by atoms with Crippen molar-refractivity contribution < 1.29 is 14.3 Å². The Kier molecular flexibility index (Phi) is 3.62. The zero-order valence-corrected chi connectivity index (χ0v) is 7.86. The molecule has 0 bridgehead atoms. The van der Waals surface area contributed by atoms with Gasteiger partial charge >= 0.3 is 5.30 Å². The van der Waals surface area contributed by atoms with Crippen molar-refractivity contribution >= 4 is 17.1 Å². The monoisotopic (exact) mass is 188 g/mol. The van der Waals surface area contributed by atoms with Crippen molar-refractivity contribution in [3.05, 3.63) is 12.2 Å². The van der Waals surface area contributed by atoms with Gasteiger partial charge in [-0.2, -0.15) is 0 Å². The van der Waals surface area contributed by atoms with Gasteiger partial charge in [0, 0.05) is 5.75 Å². The van der Waals surface area contributed by atoms with Gasteiger partial charge in [0.15, 0.2) is 0 Å². The summed E-state index contributed by atoms with van der Waals surface area (Å²) in [5.74, 6) is 0.703. The molecule has 0 aromatic carbocycles. The topological polar surface area (TPSA) is 35.5 Å². The first kappa shape index (κ1) is 9.61. The van der Waals surface area contributed by atoms with Crippen LogP contribution >= 0.6 is 11.8 Å². The van der Waals surface area contributed by atoms with Gasteiger partial charge in [-0.1, -0.05) is 12.2 Å². The van der Waals surface area contributed by atoms with Gasteiger partial charge in [-0.05, 0) is 18.7 Å². The molecule has 1 aliphatic rings. The molecular formula is C8H12O3S. The van der Waals surface area contributed by atoms with Crippen LogP contribution in [0.2, 0.25) is 0 Å². The average molecular weight is 188 g/mol. The first-order chi connectivity index (χ1) is 5.68. The van der Waals surface area contributed by atoms with Gasteiger partial charge < -0.3 is 9.47 Å². The van der Waals surface area contributed by atoms with E-state index in [9.17, 15) is 4.79 Å². The molecule has 1 aliphatic heterocycles. The first-order valence-electron chi connectivity index (χ1n) is 3.74. The van der Waals surface area contributed by atoms with Crippen molar-refractivity contribution in [2.24, 2.45) is 0 Å². The first-order valence-corrected chi connectivity index (χ1v) is 4.72. The highest BCUT2D eigenvalue weighted by Gasteiger charge is 2.23. The lowest BCUT2D eigenvalue weighted by molar-refractivity contribution is 0.0556. The number of hydrogen-bond acceptors (Lipinski definition) is 4. The summed E-state index contributed by atoms with van der Waals surface area (Å²) in [4.78, 5) is 10.6. The van der Waals surface area contributed by atoms with Crippen LogP contribution in [0.3, 0.4) is 0 Å². The van der Waals surface area contributed by atoms with Crippen molar-refractivity contribution in [2.75, 3.05) is 19.0 Å². The lowest BCUT2D eigenvalue weighted by Crippen LogP contribution is -2.18. The van der Waals surface area contributed by atoms with Gasteiger partial charge in [0.25, 0.3) is 0 Å². The summed E-state index contributed by atoms with van der Waals surface area (Å²) in [7, 11) is 0. The molecule has 0 aliphatic carbocycles. The number of thioether (sulfide) groups is 1. The van der Waals surface area contributed by atoms with Gasteiger partial charge in [0.05, 0.1) is 13.2 Å². The molecule has 68 valence electrons. The Balaban J connectivity index is 2.08. The molecule has 0 saturated carbocycles. The van der Waals surface area contributed by atoms with Crippen LogP contribution in [-0.2, 0) is 9.47 Å². The van der Waals surface area contributed by atoms with E-state index in [1.807, 2.05) is 6.92 Å². The lowest BCUT2D eigenvalue weighted by atomic mass is 10.4. The van der Waals surface area contributed by atoms with Crippen LogP contribution in [0.15, 0.2) is 12.2 Å². The zero-order chi connectivity index (χ0) is 8.97. The molecule has 4 heteroatoms. The second-order valence-corrected chi connectivity index (χ2v) is 3.73. The fourth-order valence-electron chi connectivity index (χ4n) is 0.812. The molecule has 12 heavy (non-hydrogen) atoms. The van der Waals surface area contributed by atoms with Crippen LogP contribution in [0.1, 0.15) is 6.92 Å². The maximum atomic E-state index is 10.6. The molecule has 0 spiro atoms. The maximum Gasteiger partial charge on any atom is 0.367 e. The van der Waals surface area contributed by atoms with Crippen LogP contribution in [-0.4, -0.2) is 30.4 Å². The Hall–Kier alpha value is -0.480. The standard InChI is InChI=1S/C8H12O3S/c1-6(2)3-10-4-7-5-12-8(9)11-7/h7H,1,3-5H2,2H3. The number of carbonyl (C=O) groups excluding carboxylic acids is 1. The Labute approximate surface area is 76.1 Å². The Bertz CT molecular complexity index is 191. The number of hydrogen-bond donors (Lipinski definition) is 0. The fourth-order valence-corrected chi connectivity index (χ4v) is 1.50. The molecule has 0 radical (unpaired) electrons. The second kappa shape index (κ2) is 4.52. The third kappa shape index (κ3) is 3.28. The molecular weight excluding hydrogens is 176 g/mol. The van der Waals surface area contributed by atoms with Gasteiger partial charge in [0.1, 0.15) is 6.10 Å². The SMILES string of the molecule is C=C(C)COCC1CSC(=O)O1. The van der Waals surface area contributed by atoms with E-state index in [0.717, 1.165) is 5.57 Å². The highest BCUT2D eigenvalue weighted by Crippen LogP contribution is 2.19. The van der Waals surface area contributed by atoms with Gasteiger partial charge in [-0.3, -0.25) is 0 Å². The summed E-state index contributed by atoms with van der Waals surface area (Å²) in [6.45, 7) is 6.61. The van der Waals surface area contributed by atoms with Crippen LogP contribution in [0.5, 0.6) is 0 Å². The third-order valence-electron chi connectivity index (χ3n) is 1.30. The molecule has 1 heterocycles. The molecule has 1 saturated heterocycles. The minimum absolute atomic E-state index is 0.0677. The Morgan fingerprint density at radius 1 is 1.92 bits per heavy atom. The van der Waals surface area contributed by atoms with E-state index < -0.39 is 0 Å². The molecule has 3 nitrogen and oxygen atoms in total. The van der Waals surface area contributed by atoms with Crippen molar-refractivity contribution in [1.29, 1.82) is 0 Å². The second-order valence-electron chi connectivity index (χ2n) is 2.77. The van der Waals surface area contributed by atoms with E-state index in [-0.39, 0.29) is 11.4 Å².